The van der Waals surface area contributed by atoms with Gasteiger partial charge in [0.25, 0.3) is 5.91 Å². The van der Waals surface area contributed by atoms with Gasteiger partial charge in [-0.05, 0) is 49.1 Å². The summed E-state index contributed by atoms with van der Waals surface area (Å²) < 4.78 is 15.4. The topological polar surface area (TPSA) is 133 Å². The van der Waals surface area contributed by atoms with E-state index in [9.17, 15) is 18.9 Å². The van der Waals surface area contributed by atoms with Gasteiger partial charge in [0.15, 0.2) is 5.78 Å². The normalized spacial score (nSPS) is 16.1. The lowest BCUT2D eigenvalue weighted by atomic mass is 10.0. The molecule has 1 saturated heterocycles. The minimum atomic E-state index is -4.69. The lowest BCUT2D eigenvalue weighted by Crippen LogP contribution is -2.47. The van der Waals surface area contributed by atoms with E-state index in [-0.39, 0.29) is 23.0 Å². The predicted molar refractivity (Wildman–Crippen MR) is 136 cm³/mol. The van der Waals surface area contributed by atoms with E-state index >= 15 is 0 Å². The molecule has 3 N–H and O–H groups in total. The highest BCUT2D eigenvalue weighted by molar-refractivity contribution is 7.46. The Morgan fingerprint density at radius 3 is 2.16 bits per heavy atom. The molecule has 0 aliphatic carbocycles. The standard InChI is InChI=1S/C27H27N2O7P/c30-25(20-6-2-1-3-7-20)21-11-9-19(10-12-21)18-29-17-5-4-8-24(27(29)32)28-26(31)22-13-15-23(16-14-22)36-37(33,34)35/h1-3,6-7,9-16,24H,4-5,8,17-18H2,(H,28,31)(H2,33,34,35)/t24-/m0/s1. The van der Waals surface area contributed by atoms with Crippen LogP contribution in [-0.2, 0) is 15.9 Å². The van der Waals surface area contributed by atoms with Gasteiger partial charge in [-0.3, -0.25) is 24.2 Å². The summed E-state index contributed by atoms with van der Waals surface area (Å²) in [5.74, 6) is -0.788. The maximum Gasteiger partial charge on any atom is 0.524 e. The van der Waals surface area contributed by atoms with Gasteiger partial charge < -0.3 is 14.7 Å². The molecule has 0 unspecified atom stereocenters. The number of phosphoric acid groups is 1. The Hall–Kier alpha value is -3.78. The molecule has 1 fully saturated rings. The minimum absolute atomic E-state index is 0.0675. The molecule has 0 spiro atoms. The largest absolute Gasteiger partial charge is 0.524 e. The second-order valence-electron chi connectivity index (χ2n) is 8.78. The van der Waals surface area contributed by atoms with Gasteiger partial charge in [0, 0.05) is 29.8 Å². The Balaban J connectivity index is 1.39. The SMILES string of the molecule is O=C(N[C@H]1CCCCN(Cc2ccc(C(=O)c3ccccc3)cc2)C1=O)c1ccc(OP(=O)(O)O)cc1. The second-order valence-corrected chi connectivity index (χ2v) is 9.94. The third-order valence-electron chi connectivity index (χ3n) is 6.05. The molecule has 3 aromatic rings. The number of carbonyl (C=O) groups excluding carboxylic acids is 3. The summed E-state index contributed by atoms with van der Waals surface area (Å²) in [4.78, 5) is 58.1. The molecule has 0 bridgehead atoms. The van der Waals surface area contributed by atoms with Crippen LogP contribution in [0.15, 0.2) is 78.9 Å². The third-order valence-corrected chi connectivity index (χ3v) is 6.50. The Labute approximate surface area is 214 Å². The molecule has 10 heteroatoms. The van der Waals surface area contributed by atoms with Crippen LogP contribution in [0.5, 0.6) is 5.75 Å². The molecule has 1 aliphatic rings. The average Bonchev–Trinajstić information content (AvgIpc) is 3.05. The average molecular weight is 522 g/mol. The number of likely N-dealkylation sites (tertiary alicyclic amines) is 1. The summed E-state index contributed by atoms with van der Waals surface area (Å²) in [6.45, 7) is 0.920. The fraction of sp³-hybridized carbons (Fsp3) is 0.222. The zero-order valence-electron chi connectivity index (χ0n) is 19.9. The first-order chi connectivity index (χ1) is 17.7. The molecule has 1 aliphatic heterocycles. The minimum Gasteiger partial charge on any atom is -0.404 e. The summed E-state index contributed by atoms with van der Waals surface area (Å²) in [6, 6.07) is 20.8. The highest BCUT2D eigenvalue weighted by Crippen LogP contribution is 2.37. The number of ketones is 1. The van der Waals surface area contributed by atoms with Gasteiger partial charge in [0.1, 0.15) is 11.8 Å². The van der Waals surface area contributed by atoms with Crippen molar-refractivity contribution in [2.45, 2.75) is 31.8 Å². The summed E-state index contributed by atoms with van der Waals surface area (Å²) >= 11 is 0. The Kier molecular flexibility index (Phi) is 8.18. The van der Waals surface area contributed by atoms with Crippen molar-refractivity contribution in [2.75, 3.05) is 6.54 Å². The lowest BCUT2D eigenvalue weighted by Gasteiger charge is -2.25. The summed E-state index contributed by atoms with van der Waals surface area (Å²) in [6.07, 6.45) is 2.08. The molecule has 1 heterocycles. The molecule has 3 aromatic carbocycles. The molecule has 9 nitrogen and oxygen atoms in total. The number of carbonyl (C=O) groups is 3. The predicted octanol–water partition coefficient (Wildman–Crippen LogP) is 3.70. The molecule has 1 atom stereocenters. The van der Waals surface area contributed by atoms with Gasteiger partial charge in [-0.25, -0.2) is 4.57 Å². The lowest BCUT2D eigenvalue weighted by molar-refractivity contribution is -0.133. The fourth-order valence-electron chi connectivity index (χ4n) is 4.18. The number of hydrogen-bond acceptors (Lipinski definition) is 5. The highest BCUT2D eigenvalue weighted by Gasteiger charge is 2.28. The van der Waals surface area contributed by atoms with E-state index in [0.29, 0.717) is 30.6 Å². The van der Waals surface area contributed by atoms with E-state index in [4.69, 9.17) is 9.79 Å². The molecule has 192 valence electrons. The van der Waals surface area contributed by atoms with Crippen LogP contribution in [0.1, 0.15) is 51.1 Å². The van der Waals surface area contributed by atoms with Crippen molar-refractivity contribution in [2.24, 2.45) is 0 Å². The van der Waals surface area contributed by atoms with Crippen LogP contribution in [0, 0.1) is 0 Å². The van der Waals surface area contributed by atoms with Crippen LogP contribution in [0.2, 0.25) is 0 Å². The highest BCUT2D eigenvalue weighted by atomic mass is 31.2. The summed E-state index contributed by atoms with van der Waals surface area (Å²) in [5.41, 5.74) is 2.30. The number of benzene rings is 3. The zero-order chi connectivity index (χ0) is 26.4. The maximum absolute atomic E-state index is 13.2. The Bertz CT molecular complexity index is 1300. The van der Waals surface area contributed by atoms with E-state index in [1.807, 2.05) is 30.3 Å². The quantitative estimate of drug-likeness (QED) is 0.303. The number of nitrogens with one attached hydrogen (secondary N) is 1. The monoisotopic (exact) mass is 522 g/mol. The van der Waals surface area contributed by atoms with E-state index < -0.39 is 19.8 Å². The molecule has 4 rings (SSSR count). The first kappa shape index (κ1) is 26.3. The molecule has 0 aromatic heterocycles. The first-order valence-electron chi connectivity index (χ1n) is 11.8. The van der Waals surface area contributed by atoms with E-state index in [0.717, 1.165) is 18.4 Å². The van der Waals surface area contributed by atoms with Gasteiger partial charge >= 0.3 is 7.82 Å². The maximum atomic E-state index is 13.2. The molecule has 37 heavy (non-hydrogen) atoms. The van der Waals surface area contributed by atoms with Gasteiger partial charge in [-0.2, -0.15) is 0 Å². The van der Waals surface area contributed by atoms with E-state index in [1.54, 1.807) is 29.2 Å². The zero-order valence-corrected chi connectivity index (χ0v) is 20.8. The first-order valence-corrected chi connectivity index (χ1v) is 13.4. The Morgan fingerprint density at radius 2 is 1.51 bits per heavy atom. The van der Waals surface area contributed by atoms with Crippen molar-refractivity contribution in [3.63, 3.8) is 0 Å². The number of phosphoric ester groups is 1. The van der Waals surface area contributed by atoms with Gasteiger partial charge in [-0.15, -0.1) is 0 Å². The number of nitrogens with zero attached hydrogens (tertiary/aromatic N) is 1. The molecule has 0 radical (unpaired) electrons. The van der Waals surface area contributed by atoms with Gasteiger partial charge in [-0.1, -0.05) is 54.6 Å². The fourth-order valence-corrected chi connectivity index (χ4v) is 4.58. The van der Waals surface area contributed by atoms with E-state index in [1.165, 1.54) is 24.3 Å². The van der Waals surface area contributed by atoms with Crippen LogP contribution in [0.4, 0.5) is 0 Å². The number of hydrogen-bond donors (Lipinski definition) is 3. The van der Waals surface area contributed by atoms with Crippen molar-refractivity contribution in [1.82, 2.24) is 10.2 Å². The third kappa shape index (κ3) is 7.13. The van der Waals surface area contributed by atoms with Crippen molar-refractivity contribution >= 4 is 25.4 Å². The van der Waals surface area contributed by atoms with Crippen LogP contribution in [-0.4, -0.2) is 44.9 Å². The van der Waals surface area contributed by atoms with Crippen molar-refractivity contribution in [3.8, 4) is 5.75 Å². The molecule has 2 amide bonds. The summed E-state index contributed by atoms with van der Waals surface area (Å²) in [7, 11) is -4.69. The van der Waals surface area contributed by atoms with Crippen LogP contribution in [0.3, 0.4) is 0 Å². The van der Waals surface area contributed by atoms with Crippen LogP contribution in [0.25, 0.3) is 0 Å². The molecule has 0 saturated carbocycles. The van der Waals surface area contributed by atoms with Crippen LogP contribution >= 0.6 is 7.82 Å². The summed E-state index contributed by atoms with van der Waals surface area (Å²) in [5, 5.41) is 2.78. The van der Waals surface area contributed by atoms with Gasteiger partial charge in [0.05, 0.1) is 0 Å². The molecular formula is C27H27N2O7P. The van der Waals surface area contributed by atoms with Crippen molar-refractivity contribution in [1.29, 1.82) is 0 Å². The second kappa shape index (κ2) is 11.5. The van der Waals surface area contributed by atoms with Crippen molar-refractivity contribution in [3.05, 3.63) is 101 Å². The Morgan fingerprint density at radius 1 is 0.892 bits per heavy atom. The van der Waals surface area contributed by atoms with E-state index in [2.05, 4.69) is 9.84 Å². The van der Waals surface area contributed by atoms with Crippen LogP contribution < -0.4 is 9.84 Å². The molecular weight excluding hydrogens is 495 g/mol. The number of amides is 2. The smallest absolute Gasteiger partial charge is 0.404 e. The number of rotatable bonds is 8. The van der Waals surface area contributed by atoms with Crippen molar-refractivity contribution < 1.29 is 33.3 Å². The van der Waals surface area contributed by atoms with Gasteiger partial charge in [0.2, 0.25) is 5.91 Å².